The first-order valence-corrected chi connectivity index (χ1v) is 12.0. The first kappa shape index (κ1) is 23.2. The van der Waals surface area contributed by atoms with Crippen LogP contribution in [-0.4, -0.2) is 45.2 Å². The summed E-state index contributed by atoms with van der Waals surface area (Å²) in [6.07, 6.45) is 3.04. The summed E-state index contributed by atoms with van der Waals surface area (Å²) in [6, 6.07) is 13.6. The Labute approximate surface area is 189 Å². The van der Waals surface area contributed by atoms with Gasteiger partial charge in [-0.2, -0.15) is 0 Å². The smallest absolute Gasteiger partial charge is 0.300 e. The molecule has 0 saturated carbocycles. The fraction of sp³-hybridized carbons (Fsp3) is 0.304. The molecule has 0 amide bonds. The molecular weight excluding hydrogens is 433 g/mol. The normalized spacial score (nSPS) is 15.3. The van der Waals surface area contributed by atoms with Crippen LogP contribution < -0.4 is 5.32 Å². The number of anilines is 1. The molecule has 0 bridgehead atoms. The molecule has 1 aliphatic heterocycles. The molecule has 5 nitrogen and oxygen atoms in total. The predicted molar refractivity (Wildman–Crippen MR) is 130 cm³/mol. The summed E-state index contributed by atoms with van der Waals surface area (Å²) >= 11 is 3.70. The van der Waals surface area contributed by atoms with Gasteiger partial charge in [0, 0.05) is 52.7 Å². The number of carbonyl (C=O) groups is 1. The Bertz CT molecular complexity index is 1060. The maximum atomic E-state index is 13.4. The monoisotopic (exact) mass is 459 g/mol. The van der Waals surface area contributed by atoms with Gasteiger partial charge in [-0.05, 0) is 37.1 Å². The number of nitrogens with zero attached hydrogens (tertiary/aromatic N) is 1. The highest BCUT2D eigenvalue weighted by Crippen LogP contribution is 2.31. The third-order valence-corrected chi connectivity index (χ3v) is 7.05. The number of aromatic nitrogens is 1. The number of hydrogen-bond acceptors (Lipinski definition) is 5. The Hall–Kier alpha value is -2.45. The number of aromatic amines is 1. The highest BCUT2D eigenvalue weighted by atomic mass is 32.2. The van der Waals surface area contributed by atoms with Crippen LogP contribution in [0, 0.1) is 12.7 Å². The van der Waals surface area contributed by atoms with Gasteiger partial charge in [-0.3, -0.25) is 9.79 Å². The lowest BCUT2D eigenvalue weighted by Crippen LogP contribution is -2.12. The van der Waals surface area contributed by atoms with Crippen molar-refractivity contribution in [3.05, 3.63) is 60.0 Å². The van der Waals surface area contributed by atoms with E-state index in [9.17, 15) is 4.39 Å². The molecule has 0 spiro atoms. The second-order valence-corrected chi connectivity index (χ2v) is 9.28. The minimum Gasteiger partial charge on any atom is -0.481 e. The average molecular weight is 460 g/mol. The van der Waals surface area contributed by atoms with Crippen molar-refractivity contribution in [3.8, 4) is 0 Å². The molecule has 31 heavy (non-hydrogen) atoms. The third kappa shape index (κ3) is 7.04. The van der Waals surface area contributed by atoms with Crippen molar-refractivity contribution in [1.82, 2.24) is 4.98 Å². The maximum absolute atomic E-state index is 13.4. The van der Waals surface area contributed by atoms with Crippen LogP contribution in [0.4, 0.5) is 10.1 Å². The number of nitrogens with one attached hydrogen (secondary N) is 2. The molecule has 0 radical (unpaired) electrons. The molecular formula is C23H26FN3O2S2. The Kier molecular flexibility index (Phi) is 8.43. The van der Waals surface area contributed by atoms with Crippen molar-refractivity contribution in [2.45, 2.75) is 31.2 Å². The summed E-state index contributed by atoms with van der Waals surface area (Å²) < 4.78 is 13.4. The van der Waals surface area contributed by atoms with Crippen LogP contribution in [0.2, 0.25) is 0 Å². The molecule has 4 rings (SSSR count). The van der Waals surface area contributed by atoms with E-state index < -0.39 is 5.97 Å². The molecule has 0 fully saturated rings. The molecule has 2 heterocycles. The number of aryl methyl sites for hydroxylation is 1. The van der Waals surface area contributed by atoms with Crippen molar-refractivity contribution in [3.63, 3.8) is 0 Å². The number of H-pyrrole nitrogens is 1. The van der Waals surface area contributed by atoms with Crippen LogP contribution in [0.15, 0.2) is 58.5 Å². The number of halogens is 1. The minimum atomic E-state index is -0.833. The molecule has 164 valence electrons. The lowest BCUT2D eigenvalue weighted by atomic mass is 10.2. The van der Waals surface area contributed by atoms with Gasteiger partial charge in [-0.15, -0.1) is 23.5 Å². The molecule has 3 N–H and O–H groups in total. The summed E-state index contributed by atoms with van der Waals surface area (Å²) in [6.45, 7) is 3.88. The summed E-state index contributed by atoms with van der Waals surface area (Å²) in [5.41, 5.74) is 3.12. The van der Waals surface area contributed by atoms with Gasteiger partial charge in [0.2, 0.25) is 0 Å². The number of rotatable bonds is 7. The van der Waals surface area contributed by atoms with Crippen molar-refractivity contribution >= 4 is 51.1 Å². The largest absolute Gasteiger partial charge is 0.481 e. The zero-order valence-electron chi connectivity index (χ0n) is 17.5. The molecule has 1 aliphatic rings. The van der Waals surface area contributed by atoms with E-state index in [1.165, 1.54) is 26.9 Å². The molecule has 1 aromatic heterocycles. The van der Waals surface area contributed by atoms with Gasteiger partial charge in [0.15, 0.2) is 0 Å². The first-order chi connectivity index (χ1) is 14.9. The number of benzene rings is 2. The molecule has 2 aromatic carbocycles. The van der Waals surface area contributed by atoms with E-state index in [1.54, 1.807) is 12.1 Å². The number of carboxylic acid groups (broad SMARTS) is 1. The fourth-order valence-electron chi connectivity index (χ4n) is 3.16. The molecule has 0 aliphatic carbocycles. The Morgan fingerprint density at radius 3 is 2.94 bits per heavy atom. The van der Waals surface area contributed by atoms with Crippen molar-refractivity contribution < 1.29 is 14.3 Å². The Morgan fingerprint density at radius 1 is 1.35 bits per heavy atom. The summed E-state index contributed by atoms with van der Waals surface area (Å²) in [5.74, 6) is 0.918. The van der Waals surface area contributed by atoms with Crippen LogP contribution in [0.3, 0.4) is 0 Å². The van der Waals surface area contributed by atoms with E-state index in [0.29, 0.717) is 6.04 Å². The highest BCUT2D eigenvalue weighted by molar-refractivity contribution is 8.16. The van der Waals surface area contributed by atoms with Crippen molar-refractivity contribution in [1.29, 1.82) is 0 Å². The van der Waals surface area contributed by atoms with Crippen LogP contribution in [-0.2, 0) is 4.79 Å². The second kappa shape index (κ2) is 11.2. The van der Waals surface area contributed by atoms with E-state index >= 15 is 0 Å². The Morgan fingerprint density at radius 2 is 2.13 bits per heavy atom. The number of thioether (sulfide) groups is 2. The van der Waals surface area contributed by atoms with Gasteiger partial charge in [0.1, 0.15) is 5.82 Å². The number of carboxylic acids is 1. The molecule has 8 heteroatoms. The number of aliphatic imine (C=N–C) groups is 1. The summed E-state index contributed by atoms with van der Waals surface area (Å²) in [5, 5.41) is 13.3. The lowest BCUT2D eigenvalue weighted by Gasteiger charge is -2.11. The zero-order valence-corrected chi connectivity index (χ0v) is 19.2. The molecule has 0 saturated heterocycles. The van der Waals surface area contributed by atoms with Gasteiger partial charge in [-0.1, -0.05) is 24.3 Å². The number of hydrogen-bond donors (Lipinski definition) is 3. The topological polar surface area (TPSA) is 77.5 Å². The highest BCUT2D eigenvalue weighted by Gasteiger charge is 2.18. The van der Waals surface area contributed by atoms with Crippen molar-refractivity contribution in [2.24, 2.45) is 4.99 Å². The van der Waals surface area contributed by atoms with Crippen LogP contribution in [0.5, 0.6) is 0 Å². The molecule has 1 unspecified atom stereocenters. The van der Waals surface area contributed by atoms with Gasteiger partial charge in [-0.25, -0.2) is 4.39 Å². The van der Waals surface area contributed by atoms with Gasteiger partial charge >= 0.3 is 0 Å². The van der Waals surface area contributed by atoms with E-state index in [2.05, 4.69) is 34.7 Å². The zero-order chi connectivity index (χ0) is 22.2. The Balaban J connectivity index is 0.000000628. The summed E-state index contributed by atoms with van der Waals surface area (Å²) in [4.78, 5) is 18.5. The standard InChI is InChI=1S/C21H22FN3S2.C2H4O2/c1-14-6-7-15(22)10-19(14)23-9-8-16-12-27-21(25-16)13-26-20-11-24-18-5-3-2-4-17(18)20;1-2(3)4/h2-7,10-11,16,23-24H,8-9,12-13H2,1H3;1H3,(H,3,4). The van der Waals surface area contributed by atoms with Crippen LogP contribution in [0.1, 0.15) is 18.9 Å². The molecule has 1 atom stereocenters. The summed E-state index contributed by atoms with van der Waals surface area (Å²) in [7, 11) is 0. The fourth-order valence-corrected chi connectivity index (χ4v) is 5.35. The van der Waals surface area contributed by atoms with E-state index in [1.807, 2.05) is 36.5 Å². The predicted octanol–water partition coefficient (Wildman–Crippen LogP) is 5.81. The second-order valence-electron chi connectivity index (χ2n) is 7.17. The van der Waals surface area contributed by atoms with E-state index in [0.717, 1.165) is 42.6 Å². The van der Waals surface area contributed by atoms with E-state index in [-0.39, 0.29) is 5.82 Å². The van der Waals surface area contributed by atoms with Gasteiger partial charge in [0.05, 0.1) is 11.1 Å². The van der Waals surface area contributed by atoms with E-state index in [4.69, 9.17) is 14.9 Å². The minimum absolute atomic E-state index is 0.200. The van der Waals surface area contributed by atoms with Crippen LogP contribution >= 0.6 is 23.5 Å². The van der Waals surface area contributed by atoms with Gasteiger partial charge < -0.3 is 15.4 Å². The molecule has 3 aromatic rings. The number of para-hydroxylation sites is 1. The number of fused-ring (bicyclic) bond motifs is 1. The SMILES string of the molecule is CC(=O)O.Cc1ccc(F)cc1NCCC1CSC(CSc2c[nH]c3ccccc23)=N1. The average Bonchev–Trinajstić information content (AvgIpc) is 3.35. The quantitative estimate of drug-likeness (QED) is 0.388. The van der Waals surface area contributed by atoms with Gasteiger partial charge in [0.25, 0.3) is 5.97 Å². The third-order valence-electron chi connectivity index (χ3n) is 4.66. The lowest BCUT2D eigenvalue weighted by molar-refractivity contribution is -0.134. The van der Waals surface area contributed by atoms with Crippen molar-refractivity contribution in [2.75, 3.05) is 23.4 Å². The first-order valence-electron chi connectivity index (χ1n) is 10.0. The van der Waals surface area contributed by atoms with Crippen LogP contribution in [0.25, 0.3) is 10.9 Å². The number of aliphatic carboxylic acids is 1. The maximum Gasteiger partial charge on any atom is 0.300 e.